The molecule has 4 heterocycles. The average molecular weight is 434 g/mol. The quantitative estimate of drug-likeness (QED) is 0.657. The number of carbonyl (C=O) groups excluding carboxylic acids is 2. The highest BCUT2D eigenvalue weighted by Gasteiger charge is 2.53. The molecule has 0 bridgehead atoms. The van der Waals surface area contributed by atoms with Crippen molar-refractivity contribution in [3.8, 4) is 11.5 Å². The number of aromatic amines is 2. The number of H-pyrrole nitrogens is 2. The number of likely N-dealkylation sites (N-methyl/N-ethyl adjacent to an activating group) is 1. The summed E-state index contributed by atoms with van der Waals surface area (Å²) in [5.74, 6) is 1.37. The van der Waals surface area contributed by atoms with Gasteiger partial charge in [-0.15, -0.1) is 0 Å². The van der Waals surface area contributed by atoms with Crippen LogP contribution in [0.15, 0.2) is 12.3 Å². The van der Waals surface area contributed by atoms with Crippen molar-refractivity contribution in [1.82, 2.24) is 30.0 Å². The van der Waals surface area contributed by atoms with Crippen LogP contribution in [0, 0.1) is 11.3 Å². The fourth-order valence-electron chi connectivity index (χ4n) is 5.28. The van der Waals surface area contributed by atoms with Crippen LogP contribution < -0.4 is 4.90 Å². The Kier molecular flexibility index (Phi) is 4.18. The molecule has 1 saturated heterocycles. The molecule has 0 radical (unpaired) electrons. The SMILES string of the molecule is CN(C(=O)CN1CCCCC1=O)c1cnc2nc(-c3n[nH]c4c3C[C@@H]3C[C@]3(C)C4)[nH]c2c1. The van der Waals surface area contributed by atoms with Gasteiger partial charge in [0.05, 0.1) is 17.4 Å². The molecule has 3 aromatic heterocycles. The number of piperidine rings is 1. The molecule has 6 rings (SSSR count). The molecule has 1 saturated carbocycles. The van der Waals surface area contributed by atoms with Crippen LogP contribution in [0.5, 0.6) is 0 Å². The number of pyridine rings is 1. The van der Waals surface area contributed by atoms with Gasteiger partial charge in [-0.3, -0.25) is 14.7 Å². The molecule has 0 aromatic carbocycles. The first-order chi connectivity index (χ1) is 15.4. The van der Waals surface area contributed by atoms with E-state index in [0.29, 0.717) is 35.5 Å². The zero-order valence-electron chi connectivity index (χ0n) is 18.4. The number of fused-ring (bicyclic) bond motifs is 3. The minimum Gasteiger partial charge on any atom is -0.335 e. The number of anilines is 1. The van der Waals surface area contributed by atoms with E-state index >= 15 is 0 Å². The van der Waals surface area contributed by atoms with Crippen LogP contribution in [-0.4, -0.2) is 62.0 Å². The number of carbonyl (C=O) groups is 2. The van der Waals surface area contributed by atoms with E-state index in [1.54, 1.807) is 23.0 Å². The van der Waals surface area contributed by atoms with Crippen molar-refractivity contribution in [2.45, 2.75) is 45.4 Å². The van der Waals surface area contributed by atoms with Gasteiger partial charge in [0, 0.05) is 31.3 Å². The number of nitrogens with one attached hydrogen (secondary N) is 2. The van der Waals surface area contributed by atoms with Gasteiger partial charge >= 0.3 is 0 Å². The second-order valence-corrected chi connectivity index (χ2v) is 9.84. The summed E-state index contributed by atoms with van der Waals surface area (Å²) in [7, 11) is 1.72. The number of imidazole rings is 1. The fourth-order valence-corrected chi connectivity index (χ4v) is 5.28. The van der Waals surface area contributed by atoms with Crippen LogP contribution in [-0.2, 0) is 22.4 Å². The van der Waals surface area contributed by atoms with Crippen LogP contribution in [0.3, 0.4) is 0 Å². The zero-order chi connectivity index (χ0) is 22.0. The van der Waals surface area contributed by atoms with Crippen molar-refractivity contribution < 1.29 is 9.59 Å². The van der Waals surface area contributed by atoms with E-state index in [1.165, 1.54) is 17.7 Å². The maximum atomic E-state index is 12.8. The van der Waals surface area contributed by atoms with Gasteiger partial charge in [-0.2, -0.15) is 5.10 Å². The molecule has 3 aliphatic rings. The van der Waals surface area contributed by atoms with E-state index in [2.05, 4.69) is 32.1 Å². The number of hydrogen-bond donors (Lipinski definition) is 2. The van der Waals surface area contributed by atoms with Crippen LogP contribution in [0.25, 0.3) is 22.7 Å². The Bertz CT molecular complexity index is 1240. The summed E-state index contributed by atoms with van der Waals surface area (Å²) in [5.41, 5.74) is 5.83. The third-order valence-electron chi connectivity index (χ3n) is 7.58. The Morgan fingerprint density at radius 2 is 2.25 bits per heavy atom. The van der Waals surface area contributed by atoms with E-state index in [0.717, 1.165) is 42.8 Å². The predicted molar refractivity (Wildman–Crippen MR) is 119 cm³/mol. The average Bonchev–Trinajstić information content (AvgIpc) is 3.09. The first-order valence-electron chi connectivity index (χ1n) is 11.4. The number of amides is 2. The minimum absolute atomic E-state index is 0.0543. The Morgan fingerprint density at radius 3 is 3.09 bits per heavy atom. The number of rotatable bonds is 4. The summed E-state index contributed by atoms with van der Waals surface area (Å²) < 4.78 is 0. The summed E-state index contributed by atoms with van der Waals surface area (Å²) in [6, 6.07) is 1.88. The van der Waals surface area contributed by atoms with E-state index in [9.17, 15) is 9.59 Å². The highest BCUT2D eigenvalue weighted by molar-refractivity contribution is 5.97. The molecule has 3 aromatic rings. The summed E-state index contributed by atoms with van der Waals surface area (Å²) in [4.78, 5) is 40.5. The lowest BCUT2D eigenvalue weighted by Crippen LogP contribution is -2.43. The Labute approximate surface area is 185 Å². The van der Waals surface area contributed by atoms with Crippen molar-refractivity contribution in [3.05, 3.63) is 23.5 Å². The van der Waals surface area contributed by atoms with E-state index < -0.39 is 0 Å². The molecular formula is C23H27N7O2. The molecule has 0 spiro atoms. The smallest absolute Gasteiger partial charge is 0.246 e. The van der Waals surface area contributed by atoms with Gasteiger partial charge in [-0.25, -0.2) is 9.97 Å². The predicted octanol–water partition coefficient (Wildman–Crippen LogP) is 2.45. The number of hydrogen-bond acceptors (Lipinski definition) is 5. The number of aromatic nitrogens is 5. The molecule has 2 amide bonds. The molecule has 9 heteroatoms. The fraction of sp³-hybridized carbons (Fsp3) is 0.522. The Balaban J connectivity index is 1.24. The van der Waals surface area contributed by atoms with Gasteiger partial charge in [0.2, 0.25) is 11.8 Å². The van der Waals surface area contributed by atoms with E-state index in [-0.39, 0.29) is 18.4 Å². The van der Waals surface area contributed by atoms with Crippen molar-refractivity contribution in [2.24, 2.45) is 11.3 Å². The van der Waals surface area contributed by atoms with Crippen LogP contribution in [0.4, 0.5) is 5.69 Å². The first-order valence-corrected chi connectivity index (χ1v) is 11.4. The van der Waals surface area contributed by atoms with Crippen molar-refractivity contribution in [3.63, 3.8) is 0 Å². The molecule has 0 unspecified atom stereocenters. The van der Waals surface area contributed by atoms with Crippen LogP contribution in [0.1, 0.15) is 43.9 Å². The zero-order valence-corrected chi connectivity index (χ0v) is 18.4. The van der Waals surface area contributed by atoms with Gasteiger partial charge in [-0.1, -0.05) is 6.92 Å². The lowest BCUT2D eigenvalue weighted by Gasteiger charge is -2.28. The Morgan fingerprint density at radius 1 is 1.38 bits per heavy atom. The van der Waals surface area contributed by atoms with Gasteiger partial charge < -0.3 is 14.8 Å². The molecular weight excluding hydrogens is 406 g/mol. The summed E-state index contributed by atoms with van der Waals surface area (Å²) in [5, 5.41) is 7.78. The first kappa shape index (κ1) is 19.5. The van der Waals surface area contributed by atoms with E-state index in [1.807, 2.05) is 6.07 Å². The van der Waals surface area contributed by atoms with Gasteiger partial charge in [0.1, 0.15) is 12.2 Å². The van der Waals surface area contributed by atoms with Gasteiger partial charge in [0.15, 0.2) is 11.5 Å². The lowest BCUT2D eigenvalue weighted by molar-refractivity contribution is -0.137. The molecule has 32 heavy (non-hydrogen) atoms. The summed E-state index contributed by atoms with van der Waals surface area (Å²) in [6.45, 7) is 3.10. The molecule has 2 N–H and O–H groups in total. The van der Waals surface area contributed by atoms with E-state index in [4.69, 9.17) is 0 Å². The highest BCUT2D eigenvalue weighted by atomic mass is 16.2. The Hall–Kier alpha value is -3.23. The van der Waals surface area contributed by atoms with Crippen molar-refractivity contribution >= 4 is 28.7 Å². The standard InChI is InChI=1S/C23H27N7O2/c1-23-9-13(23)7-15-17(10-23)27-28-20(15)22-25-16-8-14(11-24-21(16)26-22)29(2)19(32)12-30-6-4-3-5-18(30)31/h8,11,13H,3-7,9-10,12H2,1-2H3,(H,27,28)(H,24,25,26)/t13-,23-/m1/s1. The second kappa shape index (κ2) is 6.88. The third-order valence-corrected chi connectivity index (χ3v) is 7.58. The molecule has 166 valence electrons. The molecule has 2 atom stereocenters. The van der Waals surface area contributed by atoms with Crippen LogP contribution in [0.2, 0.25) is 0 Å². The maximum Gasteiger partial charge on any atom is 0.246 e. The molecule has 2 aliphatic carbocycles. The maximum absolute atomic E-state index is 12.8. The highest BCUT2D eigenvalue weighted by Crippen LogP contribution is 2.59. The molecule has 2 fully saturated rings. The normalized spacial score (nSPS) is 24.4. The van der Waals surface area contributed by atoms with Gasteiger partial charge in [-0.05, 0) is 49.5 Å². The largest absolute Gasteiger partial charge is 0.335 e. The van der Waals surface area contributed by atoms with Crippen molar-refractivity contribution in [2.75, 3.05) is 25.0 Å². The summed E-state index contributed by atoms with van der Waals surface area (Å²) in [6.07, 6.45) is 7.40. The third kappa shape index (κ3) is 3.10. The van der Waals surface area contributed by atoms with Gasteiger partial charge in [0.25, 0.3) is 0 Å². The number of likely N-dealkylation sites (tertiary alicyclic amines) is 1. The molecule has 9 nitrogen and oxygen atoms in total. The van der Waals surface area contributed by atoms with Crippen LogP contribution >= 0.6 is 0 Å². The monoisotopic (exact) mass is 433 g/mol. The number of nitrogens with zero attached hydrogens (tertiary/aromatic N) is 5. The van der Waals surface area contributed by atoms with Crippen molar-refractivity contribution in [1.29, 1.82) is 0 Å². The lowest BCUT2D eigenvalue weighted by atomic mass is 9.88. The molecule has 1 aliphatic heterocycles. The summed E-state index contributed by atoms with van der Waals surface area (Å²) >= 11 is 0. The second-order valence-electron chi connectivity index (χ2n) is 9.84. The topological polar surface area (TPSA) is 111 Å². The minimum atomic E-state index is -0.130.